The van der Waals surface area contributed by atoms with E-state index in [0.717, 1.165) is 22.5 Å². The summed E-state index contributed by atoms with van der Waals surface area (Å²) in [6, 6.07) is 7.80. The van der Waals surface area contributed by atoms with Gasteiger partial charge in [-0.3, -0.25) is 0 Å². The largest absolute Gasteiger partial charge is 0.493 e. The van der Waals surface area contributed by atoms with E-state index in [1.54, 1.807) is 7.11 Å². The van der Waals surface area contributed by atoms with Gasteiger partial charge in [-0.1, -0.05) is 30.3 Å². The molecule has 2 aromatic rings. The number of hydrogen-bond acceptors (Lipinski definition) is 3. The lowest BCUT2D eigenvalue weighted by Gasteiger charge is -2.00. The third kappa shape index (κ3) is 2.81. The minimum atomic E-state index is 0.565. The van der Waals surface area contributed by atoms with Crippen LogP contribution in [0.25, 0.3) is 11.0 Å². The number of ether oxygens (including phenoxy) is 1. The van der Waals surface area contributed by atoms with Crippen LogP contribution in [0.3, 0.4) is 0 Å². The second-order valence-corrected chi connectivity index (χ2v) is 4.25. The fraction of sp³-hybridized carbons (Fsp3) is 0.231. The highest BCUT2D eigenvalue weighted by Gasteiger charge is 2.07. The summed E-state index contributed by atoms with van der Waals surface area (Å²) in [5, 5.41) is 4.75. The van der Waals surface area contributed by atoms with Gasteiger partial charge in [0.25, 0.3) is 0 Å². The maximum Gasteiger partial charge on any atom is 0.176 e. The number of nitrogens with one attached hydrogen (secondary N) is 1. The number of para-hydroxylation sites is 1. The molecule has 0 aliphatic rings. The minimum Gasteiger partial charge on any atom is -0.493 e. The molecule has 0 fully saturated rings. The summed E-state index contributed by atoms with van der Waals surface area (Å²) in [5.41, 5.74) is 0.775. The van der Waals surface area contributed by atoms with Crippen molar-refractivity contribution in [3.05, 3.63) is 41.6 Å². The average molecular weight is 252 g/mol. The zero-order valence-electron chi connectivity index (χ0n) is 9.63. The van der Waals surface area contributed by atoms with Gasteiger partial charge in [-0.05, 0) is 12.1 Å². The number of fused-ring (bicyclic) bond motifs is 1. The molecule has 1 N–H and O–H groups in total. The Kier molecular flexibility index (Phi) is 3.71. The van der Waals surface area contributed by atoms with E-state index in [1.165, 1.54) is 0 Å². The molecule has 1 aromatic carbocycles. The van der Waals surface area contributed by atoms with Crippen LogP contribution < -0.4 is 10.1 Å². The lowest BCUT2D eigenvalue weighted by Crippen LogP contribution is -2.13. The molecule has 0 aliphatic heterocycles. The molecule has 0 aliphatic carbocycles. The van der Waals surface area contributed by atoms with Crippen LogP contribution in [0.1, 0.15) is 5.76 Å². The molecule has 0 saturated carbocycles. The quantitative estimate of drug-likeness (QED) is 0.886. The predicted molar refractivity (Wildman–Crippen MR) is 69.5 cm³/mol. The first-order valence-electron chi connectivity index (χ1n) is 5.30. The van der Waals surface area contributed by atoms with E-state index in [0.29, 0.717) is 18.1 Å². The van der Waals surface area contributed by atoms with Gasteiger partial charge < -0.3 is 14.5 Å². The first kappa shape index (κ1) is 12.0. The molecule has 17 heavy (non-hydrogen) atoms. The summed E-state index contributed by atoms with van der Waals surface area (Å²) in [5.74, 6) is 1.60. The Morgan fingerprint density at radius 3 is 3.06 bits per heavy atom. The van der Waals surface area contributed by atoms with E-state index in [1.807, 2.05) is 24.3 Å². The van der Waals surface area contributed by atoms with E-state index >= 15 is 0 Å². The Morgan fingerprint density at radius 2 is 2.35 bits per heavy atom. The van der Waals surface area contributed by atoms with Crippen molar-refractivity contribution in [3.63, 3.8) is 0 Å². The molecule has 1 aromatic heterocycles. The van der Waals surface area contributed by atoms with Gasteiger partial charge in [0.2, 0.25) is 0 Å². The number of furan rings is 1. The number of benzene rings is 1. The van der Waals surface area contributed by atoms with Crippen molar-refractivity contribution in [2.24, 2.45) is 0 Å². The molecule has 90 valence electrons. The van der Waals surface area contributed by atoms with Gasteiger partial charge in [-0.25, -0.2) is 0 Å². The van der Waals surface area contributed by atoms with E-state index in [4.69, 9.17) is 20.8 Å². The zero-order valence-corrected chi connectivity index (χ0v) is 10.4. The van der Waals surface area contributed by atoms with Crippen molar-refractivity contribution in [3.8, 4) is 5.75 Å². The Morgan fingerprint density at radius 1 is 1.53 bits per heavy atom. The molecule has 0 atom stereocenters. The van der Waals surface area contributed by atoms with Gasteiger partial charge in [-0.2, -0.15) is 0 Å². The van der Waals surface area contributed by atoms with Gasteiger partial charge in [0, 0.05) is 17.0 Å². The highest BCUT2D eigenvalue weighted by Crippen LogP contribution is 2.28. The summed E-state index contributed by atoms with van der Waals surface area (Å²) in [4.78, 5) is 0. The molecule has 2 rings (SSSR count). The highest BCUT2D eigenvalue weighted by molar-refractivity contribution is 6.29. The van der Waals surface area contributed by atoms with Crippen LogP contribution in [-0.2, 0) is 6.54 Å². The van der Waals surface area contributed by atoms with Gasteiger partial charge in [0.05, 0.1) is 13.7 Å². The summed E-state index contributed by atoms with van der Waals surface area (Å²) in [7, 11) is 1.63. The van der Waals surface area contributed by atoms with Crippen molar-refractivity contribution >= 4 is 22.6 Å². The monoisotopic (exact) mass is 251 g/mol. The maximum absolute atomic E-state index is 5.71. The van der Waals surface area contributed by atoms with Crippen molar-refractivity contribution < 1.29 is 9.15 Å². The summed E-state index contributed by atoms with van der Waals surface area (Å²) >= 11 is 5.66. The summed E-state index contributed by atoms with van der Waals surface area (Å²) in [6.07, 6.45) is 0. The fourth-order valence-electron chi connectivity index (χ4n) is 1.66. The molecule has 0 saturated heterocycles. The van der Waals surface area contributed by atoms with Crippen molar-refractivity contribution in [1.29, 1.82) is 0 Å². The number of rotatable bonds is 5. The average Bonchev–Trinajstić information content (AvgIpc) is 2.70. The van der Waals surface area contributed by atoms with Crippen molar-refractivity contribution in [2.75, 3.05) is 13.7 Å². The highest BCUT2D eigenvalue weighted by atomic mass is 35.5. The summed E-state index contributed by atoms with van der Waals surface area (Å²) in [6.45, 7) is 4.79. The van der Waals surface area contributed by atoms with E-state index in [-0.39, 0.29) is 0 Å². The van der Waals surface area contributed by atoms with Crippen molar-refractivity contribution in [1.82, 2.24) is 5.32 Å². The molecular formula is C13H14ClNO2. The zero-order chi connectivity index (χ0) is 12.3. The summed E-state index contributed by atoms with van der Waals surface area (Å²) < 4.78 is 10.9. The lowest BCUT2D eigenvalue weighted by atomic mass is 10.2. The number of methoxy groups -OCH3 is 1. The van der Waals surface area contributed by atoms with Crippen LogP contribution in [0.15, 0.2) is 40.3 Å². The topological polar surface area (TPSA) is 34.4 Å². The Bertz CT molecular complexity index is 533. The molecular weight excluding hydrogens is 238 g/mol. The third-order valence-electron chi connectivity index (χ3n) is 2.39. The second-order valence-electron chi connectivity index (χ2n) is 3.71. The molecule has 0 unspecified atom stereocenters. The van der Waals surface area contributed by atoms with E-state index in [2.05, 4.69) is 11.9 Å². The Hall–Kier alpha value is -1.45. The number of hydrogen-bond donors (Lipinski definition) is 1. The number of halogens is 1. The molecule has 0 radical (unpaired) electrons. The molecule has 0 bridgehead atoms. The lowest BCUT2D eigenvalue weighted by molar-refractivity contribution is 0.406. The Labute approximate surface area is 105 Å². The first-order chi connectivity index (χ1) is 8.20. The van der Waals surface area contributed by atoms with Crippen LogP contribution in [0.4, 0.5) is 0 Å². The van der Waals surface area contributed by atoms with Crippen LogP contribution in [0.5, 0.6) is 5.75 Å². The first-order valence-corrected chi connectivity index (χ1v) is 5.68. The van der Waals surface area contributed by atoms with Gasteiger partial charge in [0.15, 0.2) is 11.3 Å². The van der Waals surface area contributed by atoms with Gasteiger partial charge in [0.1, 0.15) is 5.76 Å². The molecule has 0 amide bonds. The molecule has 0 spiro atoms. The van der Waals surface area contributed by atoms with Gasteiger partial charge >= 0.3 is 0 Å². The Balaban J connectivity index is 2.17. The standard InChI is InChI=1S/C13H14ClNO2/c1-9(14)7-15-8-11-6-10-4-3-5-12(16-2)13(10)17-11/h3-6,15H,1,7-8H2,2H3. The SMILES string of the molecule is C=C(Cl)CNCc1cc2cccc(OC)c2o1. The second kappa shape index (κ2) is 5.25. The predicted octanol–water partition coefficient (Wildman–Crippen LogP) is 3.28. The minimum absolute atomic E-state index is 0.565. The molecule has 1 heterocycles. The van der Waals surface area contributed by atoms with Gasteiger partial charge in [-0.15, -0.1) is 0 Å². The molecule has 3 nitrogen and oxygen atoms in total. The molecule has 4 heteroatoms. The van der Waals surface area contributed by atoms with Crippen molar-refractivity contribution in [2.45, 2.75) is 6.54 Å². The van der Waals surface area contributed by atoms with Crippen LogP contribution in [0, 0.1) is 0 Å². The van der Waals surface area contributed by atoms with Crippen LogP contribution in [0.2, 0.25) is 0 Å². The smallest absolute Gasteiger partial charge is 0.176 e. The third-order valence-corrected chi connectivity index (χ3v) is 2.53. The fourth-order valence-corrected chi connectivity index (χ4v) is 1.75. The van der Waals surface area contributed by atoms with E-state index < -0.39 is 0 Å². The van der Waals surface area contributed by atoms with Crippen LogP contribution >= 0.6 is 11.6 Å². The van der Waals surface area contributed by atoms with E-state index in [9.17, 15) is 0 Å². The maximum atomic E-state index is 5.71. The normalized spacial score (nSPS) is 10.7. The van der Waals surface area contributed by atoms with Crippen LogP contribution in [-0.4, -0.2) is 13.7 Å².